The Morgan fingerprint density at radius 1 is 1.18 bits per heavy atom. The van der Waals surface area contributed by atoms with Crippen molar-refractivity contribution in [1.82, 2.24) is 10.6 Å². The Kier molecular flexibility index (Phi) is 4.72. The first-order valence-corrected chi connectivity index (χ1v) is 6.57. The fourth-order valence-electron chi connectivity index (χ4n) is 1.95. The molecule has 1 heterocycles. The van der Waals surface area contributed by atoms with Crippen LogP contribution in [-0.4, -0.2) is 30.9 Å². The lowest BCUT2D eigenvalue weighted by atomic mass is 10.1. The quantitative estimate of drug-likeness (QED) is 0.540. The SMILES string of the molecule is COC(=O)CCC(=O)Nc1ccc(C2NC(=O)NC2=O)cc1. The number of hydrogen-bond acceptors (Lipinski definition) is 5. The number of methoxy groups -OCH3 is 1. The number of amides is 4. The van der Waals surface area contributed by atoms with Gasteiger partial charge in [-0.05, 0) is 17.7 Å². The third-order valence-corrected chi connectivity index (χ3v) is 3.09. The molecule has 0 aromatic heterocycles. The first kappa shape index (κ1) is 15.5. The van der Waals surface area contributed by atoms with Crippen LogP contribution in [0.1, 0.15) is 24.4 Å². The lowest BCUT2D eigenvalue weighted by Crippen LogP contribution is -2.22. The number of urea groups is 1. The van der Waals surface area contributed by atoms with Gasteiger partial charge in [-0.25, -0.2) is 4.79 Å². The van der Waals surface area contributed by atoms with E-state index in [1.165, 1.54) is 7.11 Å². The van der Waals surface area contributed by atoms with Crippen LogP contribution >= 0.6 is 0 Å². The molecule has 0 aliphatic carbocycles. The van der Waals surface area contributed by atoms with E-state index in [0.717, 1.165) is 0 Å². The maximum Gasteiger partial charge on any atom is 0.322 e. The Bertz CT molecular complexity index is 611. The number of nitrogens with one attached hydrogen (secondary N) is 3. The third-order valence-electron chi connectivity index (χ3n) is 3.09. The number of esters is 1. The molecule has 0 bridgehead atoms. The summed E-state index contributed by atoms with van der Waals surface area (Å²) in [4.78, 5) is 45.2. The molecular weight excluding hydrogens is 290 g/mol. The molecule has 1 aromatic carbocycles. The topological polar surface area (TPSA) is 114 Å². The molecule has 1 atom stereocenters. The van der Waals surface area contributed by atoms with Gasteiger partial charge in [0.15, 0.2) is 0 Å². The molecule has 8 nitrogen and oxygen atoms in total. The first-order valence-electron chi connectivity index (χ1n) is 6.57. The van der Waals surface area contributed by atoms with Crippen LogP contribution < -0.4 is 16.0 Å². The molecule has 2 rings (SSSR count). The summed E-state index contributed by atoms with van der Waals surface area (Å²) in [6.45, 7) is 0. The molecule has 1 saturated heterocycles. The number of imide groups is 1. The van der Waals surface area contributed by atoms with E-state index >= 15 is 0 Å². The second-order valence-corrected chi connectivity index (χ2v) is 4.64. The minimum atomic E-state index is -0.725. The van der Waals surface area contributed by atoms with Crippen molar-refractivity contribution < 1.29 is 23.9 Å². The lowest BCUT2D eigenvalue weighted by molar-refractivity contribution is -0.141. The monoisotopic (exact) mass is 305 g/mol. The van der Waals surface area contributed by atoms with Crippen molar-refractivity contribution in [3.8, 4) is 0 Å². The Morgan fingerprint density at radius 3 is 2.41 bits per heavy atom. The minimum Gasteiger partial charge on any atom is -0.469 e. The summed E-state index contributed by atoms with van der Waals surface area (Å²) in [6, 6.07) is 5.23. The van der Waals surface area contributed by atoms with Crippen LogP contribution in [0.3, 0.4) is 0 Å². The highest BCUT2D eigenvalue weighted by Crippen LogP contribution is 2.19. The average molecular weight is 305 g/mol. The van der Waals surface area contributed by atoms with Gasteiger partial charge in [0.05, 0.1) is 13.5 Å². The van der Waals surface area contributed by atoms with Crippen molar-refractivity contribution in [2.75, 3.05) is 12.4 Å². The van der Waals surface area contributed by atoms with Crippen LogP contribution in [-0.2, 0) is 19.1 Å². The number of carbonyl (C=O) groups is 4. The molecule has 1 fully saturated rings. The molecular formula is C14H15N3O5. The van der Waals surface area contributed by atoms with Crippen LogP contribution in [0.2, 0.25) is 0 Å². The van der Waals surface area contributed by atoms with Crippen molar-refractivity contribution in [3.05, 3.63) is 29.8 Å². The molecule has 116 valence electrons. The molecule has 3 N–H and O–H groups in total. The molecule has 0 radical (unpaired) electrons. The summed E-state index contributed by atoms with van der Waals surface area (Å²) in [5.41, 5.74) is 1.14. The van der Waals surface area contributed by atoms with E-state index in [9.17, 15) is 19.2 Å². The van der Waals surface area contributed by atoms with E-state index in [2.05, 4.69) is 20.7 Å². The predicted octanol–water partition coefficient (Wildman–Crippen LogP) is 0.459. The highest BCUT2D eigenvalue weighted by molar-refractivity contribution is 6.04. The standard InChI is InChI=1S/C14H15N3O5/c1-22-11(19)7-6-10(18)15-9-4-2-8(3-5-9)12-13(20)17-14(21)16-12/h2-5,12H,6-7H2,1H3,(H,15,18)(H2,16,17,20,21). The molecule has 0 spiro atoms. The second kappa shape index (κ2) is 6.70. The van der Waals surface area contributed by atoms with E-state index in [1.807, 2.05) is 0 Å². The molecule has 1 unspecified atom stereocenters. The number of ether oxygens (including phenoxy) is 1. The summed E-state index contributed by atoms with van der Waals surface area (Å²) in [5.74, 6) is -1.18. The van der Waals surface area contributed by atoms with Gasteiger partial charge in [-0.15, -0.1) is 0 Å². The molecule has 1 aromatic rings. The summed E-state index contributed by atoms with van der Waals surface area (Å²) >= 11 is 0. The Hall–Kier alpha value is -2.90. The molecule has 4 amide bonds. The summed E-state index contributed by atoms with van der Waals surface area (Å²) in [7, 11) is 1.26. The van der Waals surface area contributed by atoms with Crippen molar-refractivity contribution >= 4 is 29.5 Å². The maximum atomic E-state index is 11.6. The molecule has 1 aliphatic heterocycles. The van der Waals surface area contributed by atoms with Gasteiger partial charge in [0.25, 0.3) is 5.91 Å². The summed E-state index contributed by atoms with van der Waals surface area (Å²) in [5, 5.41) is 7.25. The Balaban J connectivity index is 1.92. The van der Waals surface area contributed by atoms with Gasteiger partial charge in [-0.1, -0.05) is 12.1 Å². The van der Waals surface area contributed by atoms with E-state index < -0.39 is 23.9 Å². The zero-order valence-electron chi connectivity index (χ0n) is 11.8. The highest BCUT2D eigenvalue weighted by atomic mass is 16.5. The van der Waals surface area contributed by atoms with Crippen molar-refractivity contribution in [2.24, 2.45) is 0 Å². The molecule has 1 aliphatic rings. The summed E-state index contributed by atoms with van der Waals surface area (Å²) < 4.78 is 4.45. The highest BCUT2D eigenvalue weighted by Gasteiger charge is 2.30. The van der Waals surface area contributed by atoms with Crippen LogP contribution in [0.15, 0.2) is 24.3 Å². The first-order chi connectivity index (χ1) is 10.5. The van der Waals surface area contributed by atoms with Gasteiger partial charge in [0.2, 0.25) is 5.91 Å². The van der Waals surface area contributed by atoms with Crippen LogP contribution in [0.25, 0.3) is 0 Å². The molecule has 22 heavy (non-hydrogen) atoms. The summed E-state index contributed by atoms with van der Waals surface area (Å²) in [6.07, 6.45) is 0.0320. The number of rotatable bonds is 5. The van der Waals surface area contributed by atoms with Gasteiger partial charge >= 0.3 is 12.0 Å². The second-order valence-electron chi connectivity index (χ2n) is 4.64. The van der Waals surface area contributed by atoms with Crippen LogP contribution in [0.4, 0.5) is 10.5 Å². The fourth-order valence-corrected chi connectivity index (χ4v) is 1.95. The zero-order valence-corrected chi connectivity index (χ0v) is 11.8. The normalized spacial score (nSPS) is 16.7. The Labute approximate surface area is 126 Å². The zero-order chi connectivity index (χ0) is 16.1. The fraction of sp³-hybridized carbons (Fsp3) is 0.286. The van der Waals surface area contributed by atoms with E-state index in [0.29, 0.717) is 11.3 Å². The van der Waals surface area contributed by atoms with Crippen LogP contribution in [0.5, 0.6) is 0 Å². The lowest BCUT2D eigenvalue weighted by Gasteiger charge is -2.09. The van der Waals surface area contributed by atoms with Crippen molar-refractivity contribution in [2.45, 2.75) is 18.9 Å². The maximum absolute atomic E-state index is 11.6. The predicted molar refractivity (Wildman–Crippen MR) is 75.7 cm³/mol. The number of benzene rings is 1. The molecule has 0 saturated carbocycles. The minimum absolute atomic E-state index is 0.00862. The largest absolute Gasteiger partial charge is 0.469 e. The van der Waals surface area contributed by atoms with Gasteiger partial charge in [0.1, 0.15) is 6.04 Å². The van der Waals surface area contributed by atoms with Gasteiger partial charge in [0, 0.05) is 12.1 Å². The Morgan fingerprint density at radius 2 is 1.86 bits per heavy atom. The van der Waals surface area contributed by atoms with E-state index in [-0.39, 0.29) is 18.7 Å². The third kappa shape index (κ3) is 3.81. The van der Waals surface area contributed by atoms with Gasteiger partial charge in [-0.2, -0.15) is 0 Å². The van der Waals surface area contributed by atoms with Crippen LogP contribution in [0, 0.1) is 0 Å². The van der Waals surface area contributed by atoms with E-state index in [1.54, 1.807) is 24.3 Å². The van der Waals surface area contributed by atoms with Gasteiger partial charge < -0.3 is 15.4 Å². The van der Waals surface area contributed by atoms with E-state index in [4.69, 9.17) is 0 Å². The number of anilines is 1. The average Bonchev–Trinajstić information content (AvgIpc) is 2.84. The van der Waals surface area contributed by atoms with Crippen molar-refractivity contribution in [1.29, 1.82) is 0 Å². The molecule has 8 heteroatoms. The van der Waals surface area contributed by atoms with Crippen molar-refractivity contribution in [3.63, 3.8) is 0 Å². The number of hydrogen-bond donors (Lipinski definition) is 3. The smallest absolute Gasteiger partial charge is 0.322 e. The van der Waals surface area contributed by atoms with Gasteiger partial charge in [-0.3, -0.25) is 19.7 Å². The number of carbonyl (C=O) groups excluding carboxylic acids is 4.